The van der Waals surface area contributed by atoms with Crippen LogP contribution in [0.15, 0.2) is 77.1 Å². The van der Waals surface area contributed by atoms with Crippen LogP contribution in [-0.2, 0) is 18.9 Å². The first-order valence-electron chi connectivity index (χ1n) is 24.8. The molecule has 392 valence electrons. The van der Waals surface area contributed by atoms with Crippen LogP contribution in [0.4, 0.5) is 28.8 Å². The van der Waals surface area contributed by atoms with E-state index in [-0.39, 0.29) is 43.1 Å². The highest BCUT2D eigenvalue weighted by atomic mass is 79.9. The number of nitrogens with zero attached hydrogens (tertiary/aromatic N) is 8. The summed E-state index contributed by atoms with van der Waals surface area (Å²) in [5.74, 6) is 0.450. The Kier molecular flexibility index (Phi) is 16.7. The van der Waals surface area contributed by atoms with Crippen LogP contribution in [0.25, 0.3) is 21.5 Å². The van der Waals surface area contributed by atoms with Crippen molar-refractivity contribution in [3.63, 3.8) is 0 Å². The molecule has 0 spiro atoms. The number of hydrogen-bond acceptors (Lipinski definition) is 16. The van der Waals surface area contributed by atoms with Gasteiger partial charge in [-0.15, -0.1) is 11.3 Å². The number of carbonyl (C=O) groups is 3. The third-order valence-electron chi connectivity index (χ3n) is 13.6. The normalized spacial score (nSPS) is 17.2. The van der Waals surface area contributed by atoms with Gasteiger partial charge in [-0.25, -0.2) is 9.97 Å². The topological polar surface area (TPSA) is 220 Å². The highest BCUT2D eigenvalue weighted by Crippen LogP contribution is 2.42. The molecule has 3 amide bonds. The van der Waals surface area contributed by atoms with Crippen molar-refractivity contribution in [3.8, 4) is 16.2 Å². The van der Waals surface area contributed by atoms with Gasteiger partial charge in [-0.2, -0.15) is 4.98 Å². The molecule has 74 heavy (non-hydrogen) atoms. The van der Waals surface area contributed by atoms with Crippen LogP contribution in [0.1, 0.15) is 69.8 Å². The lowest BCUT2D eigenvalue weighted by Gasteiger charge is -2.37. The second-order valence-electron chi connectivity index (χ2n) is 20.5. The Morgan fingerprint density at radius 1 is 0.946 bits per heavy atom. The minimum Gasteiger partial charge on any atom is -0.494 e. The zero-order chi connectivity index (χ0) is 53.1. The first kappa shape index (κ1) is 54.2. The first-order chi connectivity index (χ1) is 35.2. The predicted molar refractivity (Wildman–Crippen MR) is 297 cm³/mol. The van der Waals surface area contributed by atoms with Crippen molar-refractivity contribution >= 4 is 97.3 Å². The van der Waals surface area contributed by atoms with Crippen LogP contribution in [0, 0.1) is 19.3 Å². The zero-order valence-electron chi connectivity index (χ0n) is 43.4. The van der Waals surface area contributed by atoms with Gasteiger partial charge in [-0.05, 0) is 103 Å². The minimum atomic E-state index is -2.80. The summed E-state index contributed by atoms with van der Waals surface area (Å²) in [5, 5.41) is 24.1. The lowest BCUT2D eigenvalue weighted by atomic mass is 9.85. The van der Waals surface area contributed by atoms with E-state index < -0.39 is 30.7 Å². The molecule has 21 heteroatoms. The number of hydrogen-bond donors (Lipinski definition) is 5. The number of fused-ring (bicyclic) bond motifs is 1. The number of aliphatic hydroxyl groups is 1. The van der Waals surface area contributed by atoms with Crippen molar-refractivity contribution in [3.05, 3.63) is 93.9 Å². The van der Waals surface area contributed by atoms with Crippen LogP contribution in [0.3, 0.4) is 0 Å². The molecule has 2 aliphatic heterocycles. The summed E-state index contributed by atoms with van der Waals surface area (Å²) in [6.45, 7) is 18.9. The van der Waals surface area contributed by atoms with E-state index in [9.17, 15) is 24.1 Å². The molecule has 4 atom stereocenters. The van der Waals surface area contributed by atoms with Gasteiger partial charge in [0.2, 0.25) is 23.7 Å². The van der Waals surface area contributed by atoms with Gasteiger partial charge < -0.3 is 45.5 Å². The number of amides is 3. The van der Waals surface area contributed by atoms with E-state index in [0.29, 0.717) is 62.7 Å². The van der Waals surface area contributed by atoms with Crippen molar-refractivity contribution in [2.75, 3.05) is 75.2 Å². The summed E-state index contributed by atoms with van der Waals surface area (Å²) in [5.41, 5.74) is 8.71. The van der Waals surface area contributed by atoms with Crippen LogP contribution in [-0.4, -0.2) is 135 Å². The fourth-order valence-corrected chi connectivity index (χ4v) is 12.1. The molecule has 2 fully saturated rings. The van der Waals surface area contributed by atoms with Crippen molar-refractivity contribution in [1.29, 1.82) is 0 Å². The number of likely N-dealkylation sites (tertiary alicyclic amines) is 1. The summed E-state index contributed by atoms with van der Waals surface area (Å²) in [7, 11) is -1.18. The van der Waals surface area contributed by atoms with E-state index in [2.05, 4.69) is 73.9 Å². The molecule has 8 rings (SSSR count). The standard InChI is InChI=1S/C53H66BrN12O6PS/c1-31-25-40(61-52-57-28-37(54)49(63-52)60-39-17-16-38-45(56-19-18-55-38)46(39)73(8,9)71)43(72-7)27-41(31)65-23-21-64(22-24-65)20-10-11-44(68)62-48(53(4,5)6)51(70)66-29-36(67)26-42(66)50(69)59-32(2)34-12-14-35(15-13-34)47-33(3)58-30-74-47/h12-19,25,27-28,30,32,36,42,48,67H,10-11,20-24,26,29H2,1-9H3,(H,59,69)(H,62,68)(H2,57,60,61,63)/t32?,36-,42+,48?/m1/s1. The maximum absolute atomic E-state index is 14.3. The molecule has 3 aromatic heterocycles. The number of thiazole rings is 1. The monoisotopic (exact) mass is 1110 g/mol. The summed E-state index contributed by atoms with van der Waals surface area (Å²) in [6.07, 6.45) is 4.93. The van der Waals surface area contributed by atoms with E-state index in [0.717, 1.165) is 59.1 Å². The van der Waals surface area contributed by atoms with Crippen molar-refractivity contribution in [2.24, 2.45) is 5.41 Å². The number of benzene rings is 3. The molecular weight excluding hydrogens is 1040 g/mol. The van der Waals surface area contributed by atoms with Gasteiger partial charge in [0.1, 0.15) is 36.3 Å². The van der Waals surface area contributed by atoms with Gasteiger partial charge >= 0.3 is 0 Å². The Morgan fingerprint density at radius 3 is 2.35 bits per heavy atom. The summed E-state index contributed by atoms with van der Waals surface area (Å²) in [4.78, 5) is 71.3. The fourth-order valence-electron chi connectivity index (χ4n) is 9.64. The number of methoxy groups -OCH3 is 1. The summed E-state index contributed by atoms with van der Waals surface area (Å²) in [6, 6.07) is 13.6. The summed E-state index contributed by atoms with van der Waals surface area (Å²) >= 11 is 5.15. The molecule has 2 aliphatic rings. The van der Waals surface area contributed by atoms with Gasteiger partial charge in [-0.3, -0.25) is 29.3 Å². The maximum atomic E-state index is 14.3. The molecule has 18 nitrogen and oxygen atoms in total. The SMILES string of the molecule is COc1cc(N2CCN(CCCC(=O)NC(C(=O)N3C[C@H](O)C[C@H]3C(=O)NC(C)c3ccc(-c4scnc4C)cc3)C(C)(C)C)CC2)c(C)cc1Nc1ncc(Br)c(Nc2ccc3nccnc3c2P(C)(C)=O)n1. The zero-order valence-corrected chi connectivity index (χ0v) is 46.7. The minimum absolute atomic E-state index is 0.00653. The molecule has 3 aromatic carbocycles. The molecule has 5 N–H and O–H groups in total. The van der Waals surface area contributed by atoms with Gasteiger partial charge in [0, 0.05) is 75.9 Å². The molecule has 2 unspecified atom stereocenters. The van der Waals surface area contributed by atoms with Crippen LogP contribution in [0.2, 0.25) is 0 Å². The van der Waals surface area contributed by atoms with Gasteiger partial charge in [0.05, 0.1) is 62.0 Å². The third kappa shape index (κ3) is 12.5. The van der Waals surface area contributed by atoms with E-state index in [4.69, 9.17) is 9.72 Å². The second-order valence-corrected chi connectivity index (χ2v) is 25.4. The number of anilines is 5. The van der Waals surface area contributed by atoms with E-state index in [1.807, 2.05) is 88.7 Å². The Labute approximate surface area is 445 Å². The lowest BCUT2D eigenvalue weighted by molar-refractivity contribution is -0.144. The summed E-state index contributed by atoms with van der Waals surface area (Å²) < 4.78 is 20.0. The average molecular weight is 1110 g/mol. The number of rotatable bonds is 17. The molecular formula is C53H66BrN12O6PS. The highest BCUT2D eigenvalue weighted by molar-refractivity contribution is 9.10. The van der Waals surface area contributed by atoms with E-state index in [1.54, 1.807) is 50.4 Å². The van der Waals surface area contributed by atoms with Crippen LogP contribution in [0.5, 0.6) is 5.75 Å². The Morgan fingerprint density at radius 2 is 1.68 bits per heavy atom. The van der Waals surface area contributed by atoms with Crippen LogP contribution < -0.4 is 36.2 Å². The number of ether oxygens (including phenoxy) is 1. The Balaban J connectivity index is 0.831. The van der Waals surface area contributed by atoms with E-state index >= 15 is 0 Å². The Hall–Kier alpha value is -6.05. The highest BCUT2D eigenvalue weighted by Gasteiger charge is 2.45. The second kappa shape index (κ2) is 22.8. The Bertz CT molecular complexity index is 3070. The smallest absolute Gasteiger partial charge is 0.246 e. The fraction of sp³-hybridized carbons (Fsp3) is 0.434. The molecule has 0 bridgehead atoms. The molecule has 0 aliphatic carbocycles. The largest absolute Gasteiger partial charge is 0.494 e. The number of aryl methyl sites for hydroxylation is 2. The number of aliphatic hydroxyl groups excluding tert-OH is 1. The van der Waals surface area contributed by atoms with Gasteiger partial charge in [0.15, 0.2) is 0 Å². The first-order valence-corrected chi connectivity index (χ1v) is 29.1. The third-order valence-corrected chi connectivity index (χ3v) is 16.7. The van der Waals surface area contributed by atoms with Crippen LogP contribution >= 0.6 is 34.4 Å². The quantitative estimate of drug-likeness (QED) is 0.0548. The molecule has 0 saturated carbocycles. The molecule has 0 radical (unpaired) electrons. The maximum Gasteiger partial charge on any atom is 0.246 e. The lowest BCUT2D eigenvalue weighted by Crippen LogP contribution is -2.57. The molecule has 5 heterocycles. The van der Waals surface area contributed by atoms with Crippen molar-refractivity contribution < 1.29 is 28.8 Å². The number of piperazine rings is 1. The number of nitrogens with one attached hydrogen (secondary N) is 4. The number of carbonyl (C=O) groups excluding carboxylic acids is 3. The average Bonchev–Trinajstić information content (AvgIpc) is 3.98. The number of aromatic nitrogens is 5. The van der Waals surface area contributed by atoms with Gasteiger partial charge in [-0.1, -0.05) is 45.0 Å². The van der Waals surface area contributed by atoms with Crippen molar-refractivity contribution in [1.82, 2.24) is 45.4 Å². The number of halogens is 1. The van der Waals surface area contributed by atoms with E-state index in [1.165, 1.54) is 4.90 Å². The molecule has 6 aromatic rings. The molecule has 2 saturated heterocycles. The number of β-amino-alcohol motifs (C(OH)–C–C–N with tert-alkyl or cyclic N) is 1. The van der Waals surface area contributed by atoms with Gasteiger partial charge in [0.25, 0.3) is 0 Å². The van der Waals surface area contributed by atoms with Crippen molar-refractivity contribution in [2.45, 2.75) is 85.0 Å². The predicted octanol–water partition coefficient (Wildman–Crippen LogP) is 7.94.